The zero-order valence-electron chi connectivity index (χ0n) is 13.0. The number of nitrogens with zero attached hydrogens (tertiary/aromatic N) is 1. The molecule has 0 unspecified atom stereocenters. The molecule has 2 fully saturated rings. The van der Waals surface area contributed by atoms with Crippen molar-refractivity contribution in [3.63, 3.8) is 0 Å². The van der Waals surface area contributed by atoms with E-state index in [2.05, 4.69) is 5.32 Å². The maximum absolute atomic E-state index is 12.8. The van der Waals surface area contributed by atoms with Gasteiger partial charge in [-0.1, -0.05) is 12.1 Å². The number of amides is 1. The Morgan fingerprint density at radius 1 is 1.13 bits per heavy atom. The molecule has 2 aliphatic rings. The van der Waals surface area contributed by atoms with Crippen LogP contribution in [0, 0.1) is 0 Å². The van der Waals surface area contributed by atoms with E-state index in [-0.39, 0.29) is 35.2 Å². The molecule has 1 N–H and O–H groups in total. The monoisotopic (exact) mass is 336 g/mol. The second-order valence-corrected chi connectivity index (χ2v) is 8.09. The van der Waals surface area contributed by atoms with Gasteiger partial charge in [0.05, 0.1) is 11.4 Å². The van der Waals surface area contributed by atoms with E-state index in [0.717, 1.165) is 25.7 Å². The van der Waals surface area contributed by atoms with Crippen molar-refractivity contribution >= 4 is 21.7 Å². The Morgan fingerprint density at radius 3 is 2.22 bits per heavy atom. The molecule has 0 aromatic heterocycles. The summed E-state index contributed by atoms with van der Waals surface area (Å²) in [7, 11) is -3.73. The van der Waals surface area contributed by atoms with Gasteiger partial charge in [0.25, 0.3) is 0 Å². The fourth-order valence-electron chi connectivity index (χ4n) is 2.41. The number of carbonyl (C=O) groups is 2. The lowest BCUT2D eigenvalue weighted by Crippen LogP contribution is -2.42. The van der Waals surface area contributed by atoms with Gasteiger partial charge in [-0.15, -0.1) is 0 Å². The molecule has 0 bridgehead atoms. The minimum absolute atomic E-state index is 0.0996. The highest BCUT2D eigenvalue weighted by Gasteiger charge is 2.39. The van der Waals surface area contributed by atoms with Crippen molar-refractivity contribution in [2.75, 3.05) is 6.54 Å². The van der Waals surface area contributed by atoms with Crippen LogP contribution in [0.2, 0.25) is 0 Å². The van der Waals surface area contributed by atoms with Crippen LogP contribution in [0.4, 0.5) is 0 Å². The van der Waals surface area contributed by atoms with Crippen LogP contribution in [-0.2, 0) is 14.8 Å². The number of rotatable bonds is 7. The largest absolute Gasteiger partial charge is 0.352 e. The predicted octanol–water partition coefficient (Wildman–Crippen LogP) is 1.32. The third-order valence-corrected chi connectivity index (χ3v) is 5.98. The van der Waals surface area contributed by atoms with E-state index in [1.807, 2.05) is 0 Å². The lowest BCUT2D eigenvalue weighted by Gasteiger charge is -2.21. The fraction of sp³-hybridized carbons (Fsp3) is 0.500. The molecule has 124 valence electrons. The van der Waals surface area contributed by atoms with E-state index in [0.29, 0.717) is 5.56 Å². The Balaban J connectivity index is 1.79. The highest BCUT2D eigenvalue weighted by molar-refractivity contribution is 7.89. The summed E-state index contributed by atoms with van der Waals surface area (Å²) in [6.45, 7) is 1.29. The summed E-state index contributed by atoms with van der Waals surface area (Å²) < 4.78 is 26.9. The van der Waals surface area contributed by atoms with Crippen LogP contribution in [0.3, 0.4) is 0 Å². The standard InChI is InChI=1S/C16H20N2O4S/c1-11(19)12-2-8-15(9-3-12)23(21,22)18(14-6-7-14)10-16(20)17-13-4-5-13/h2-3,8-9,13-14H,4-7,10H2,1H3,(H,17,20). The molecule has 0 spiro atoms. The van der Waals surface area contributed by atoms with E-state index >= 15 is 0 Å². The van der Waals surface area contributed by atoms with Gasteiger partial charge in [-0.25, -0.2) is 8.42 Å². The first-order chi connectivity index (χ1) is 10.9. The van der Waals surface area contributed by atoms with Gasteiger partial charge >= 0.3 is 0 Å². The predicted molar refractivity (Wildman–Crippen MR) is 84.5 cm³/mol. The van der Waals surface area contributed by atoms with Crippen molar-refractivity contribution in [2.45, 2.75) is 49.6 Å². The van der Waals surface area contributed by atoms with Gasteiger partial charge in [0.15, 0.2) is 5.78 Å². The minimum atomic E-state index is -3.73. The molecular weight excluding hydrogens is 316 g/mol. The van der Waals surface area contributed by atoms with Crippen LogP contribution in [0.25, 0.3) is 0 Å². The summed E-state index contributed by atoms with van der Waals surface area (Å²) >= 11 is 0. The summed E-state index contributed by atoms with van der Waals surface area (Å²) in [5, 5.41) is 2.82. The Morgan fingerprint density at radius 2 is 1.74 bits per heavy atom. The van der Waals surface area contributed by atoms with Crippen LogP contribution < -0.4 is 5.32 Å². The van der Waals surface area contributed by atoms with Crippen molar-refractivity contribution in [2.24, 2.45) is 0 Å². The van der Waals surface area contributed by atoms with E-state index in [4.69, 9.17) is 0 Å². The molecule has 23 heavy (non-hydrogen) atoms. The van der Waals surface area contributed by atoms with Gasteiger partial charge in [0.2, 0.25) is 15.9 Å². The van der Waals surface area contributed by atoms with Crippen LogP contribution in [-0.4, -0.2) is 43.0 Å². The molecule has 6 nitrogen and oxygen atoms in total. The van der Waals surface area contributed by atoms with Gasteiger partial charge in [-0.05, 0) is 44.7 Å². The highest BCUT2D eigenvalue weighted by Crippen LogP contribution is 2.32. The normalized spacial score (nSPS) is 18.0. The molecule has 3 rings (SSSR count). The molecule has 0 atom stereocenters. The first-order valence-corrected chi connectivity index (χ1v) is 9.24. The molecule has 1 aromatic carbocycles. The molecule has 0 radical (unpaired) electrons. The molecule has 2 aliphatic carbocycles. The zero-order chi connectivity index (χ0) is 16.6. The summed E-state index contributed by atoms with van der Waals surface area (Å²) in [5.74, 6) is -0.361. The molecule has 7 heteroatoms. The summed E-state index contributed by atoms with van der Waals surface area (Å²) in [6, 6.07) is 5.98. The van der Waals surface area contributed by atoms with Crippen molar-refractivity contribution < 1.29 is 18.0 Å². The third-order valence-electron chi connectivity index (χ3n) is 4.06. The second-order valence-electron chi connectivity index (χ2n) is 6.20. The van der Waals surface area contributed by atoms with E-state index < -0.39 is 10.0 Å². The van der Waals surface area contributed by atoms with Crippen molar-refractivity contribution in [1.82, 2.24) is 9.62 Å². The number of benzene rings is 1. The number of Topliss-reactive ketones (excluding diaryl/α,β-unsaturated/α-hetero) is 1. The van der Waals surface area contributed by atoms with Gasteiger partial charge < -0.3 is 5.32 Å². The average molecular weight is 336 g/mol. The molecule has 0 heterocycles. The summed E-state index contributed by atoms with van der Waals surface area (Å²) in [5.41, 5.74) is 0.466. The minimum Gasteiger partial charge on any atom is -0.352 e. The maximum atomic E-state index is 12.8. The van der Waals surface area contributed by atoms with E-state index in [9.17, 15) is 18.0 Å². The first kappa shape index (κ1) is 16.1. The second kappa shape index (κ2) is 6.05. The van der Waals surface area contributed by atoms with Gasteiger partial charge in [0, 0.05) is 17.6 Å². The summed E-state index contributed by atoms with van der Waals surface area (Å²) in [6.07, 6.45) is 3.49. The quantitative estimate of drug-likeness (QED) is 0.761. The number of hydrogen-bond donors (Lipinski definition) is 1. The Labute approximate surface area is 135 Å². The Bertz CT molecular complexity index is 719. The smallest absolute Gasteiger partial charge is 0.243 e. The van der Waals surface area contributed by atoms with Crippen molar-refractivity contribution in [1.29, 1.82) is 0 Å². The highest BCUT2D eigenvalue weighted by atomic mass is 32.2. The lowest BCUT2D eigenvalue weighted by molar-refractivity contribution is -0.121. The summed E-state index contributed by atoms with van der Waals surface area (Å²) in [4.78, 5) is 23.4. The van der Waals surface area contributed by atoms with E-state index in [1.54, 1.807) is 0 Å². The lowest BCUT2D eigenvalue weighted by atomic mass is 10.2. The molecular formula is C16H20N2O4S. The maximum Gasteiger partial charge on any atom is 0.243 e. The number of carbonyl (C=O) groups excluding carboxylic acids is 2. The first-order valence-electron chi connectivity index (χ1n) is 7.80. The topological polar surface area (TPSA) is 83.6 Å². The Hall–Kier alpha value is -1.73. The fourth-order valence-corrected chi connectivity index (χ4v) is 4.05. The zero-order valence-corrected chi connectivity index (χ0v) is 13.8. The number of ketones is 1. The van der Waals surface area contributed by atoms with Gasteiger partial charge in [0.1, 0.15) is 0 Å². The van der Waals surface area contributed by atoms with Crippen LogP contribution >= 0.6 is 0 Å². The average Bonchev–Trinajstić information content (AvgIpc) is 3.39. The Kier molecular flexibility index (Phi) is 4.25. The van der Waals surface area contributed by atoms with Crippen LogP contribution in [0.1, 0.15) is 43.0 Å². The molecule has 2 saturated carbocycles. The van der Waals surface area contributed by atoms with Crippen LogP contribution in [0.15, 0.2) is 29.2 Å². The number of hydrogen-bond acceptors (Lipinski definition) is 4. The molecule has 0 saturated heterocycles. The molecule has 0 aliphatic heterocycles. The molecule has 1 amide bonds. The van der Waals surface area contributed by atoms with Gasteiger partial charge in [-0.3, -0.25) is 9.59 Å². The van der Waals surface area contributed by atoms with Crippen molar-refractivity contribution in [3.8, 4) is 0 Å². The molecule has 1 aromatic rings. The third kappa shape index (κ3) is 3.79. The van der Waals surface area contributed by atoms with Gasteiger partial charge in [-0.2, -0.15) is 4.31 Å². The number of nitrogens with one attached hydrogen (secondary N) is 1. The number of sulfonamides is 1. The van der Waals surface area contributed by atoms with Crippen LogP contribution in [0.5, 0.6) is 0 Å². The SMILES string of the molecule is CC(=O)c1ccc(S(=O)(=O)N(CC(=O)NC2CC2)C2CC2)cc1. The van der Waals surface area contributed by atoms with Crippen molar-refractivity contribution in [3.05, 3.63) is 29.8 Å². The van der Waals surface area contributed by atoms with E-state index in [1.165, 1.54) is 35.5 Å².